The van der Waals surface area contributed by atoms with Gasteiger partial charge in [-0.3, -0.25) is 9.59 Å². The number of hydrogen-bond donors (Lipinski definition) is 14. The Hall–Kier alpha value is -3.05. The highest BCUT2D eigenvalue weighted by atomic mass is 16.8. The molecule has 0 aromatic heterocycles. The number of carbonyl (C=O) groups excluding carboxylic acids is 2. The van der Waals surface area contributed by atoms with Crippen LogP contribution in [-0.2, 0) is 42.8 Å². The predicted octanol–water partition coefficient (Wildman–Crippen LogP) is 8.18. The van der Waals surface area contributed by atoms with Gasteiger partial charge in [0.15, 0.2) is 12.6 Å². The van der Waals surface area contributed by atoms with E-state index in [4.69, 9.17) is 28.4 Å². The Balaban J connectivity index is 1.56. The molecule has 96 heavy (non-hydrogen) atoms. The van der Waals surface area contributed by atoms with Crippen LogP contribution in [0.1, 0.15) is 271 Å². The minimum atomic E-state index is -3.08. The highest BCUT2D eigenvalue weighted by Crippen LogP contribution is 2.39. The Morgan fingerprint density at radius 1 is 0.552 bits per heavy atom. The first-order chi connectivity index (χ1) is 46.4. The SMILES string of the molecule is CCCCCCCCCCC/C=C\C/C=C\CCCCCCCCCCCC(=O)NC(COC1OC(CO)C(OC2OC(CO)C(O)C(OC3(C(=O)O)CC(O)C(NC(C)=O)C(C(O)C(O)CO)O3)C2O)C(O)C1O)C(O)/C=C/CCCCCCCCCCCCCCCCC. The second-order valence-corrected chi connectivity index (χ2v) is 27.2. The molecule has 23 nitrogen and oxygen atoms in total. The summed E-state index contributed by atoms with van der Waals surface area (Å²) >= 11 is 0. The summed E-state index contributed by atoms with van der Waals surface area (Å²) in [6.07, 6.45) is 27.5. The average molecular weight is 1370 g/mol. The molecular weight excluding hydrogens is 1240 g/mol. The molecule has 3 fully saturated rings. The number of hydrogen-bond acceptors (Lipinski definition) is 20. The topological polar surface area (TPSA) is 373 Å². The fourth-order valence-electron chi connectivity index (χ4n) is 12.9. The van der Waals surface area contributed by atoms with Crippen LogP contribution in [0.5, 0.6) is 0 Å². The number of unbranched alkanes of at least 4 members (excludes halogenated alkanes) is 33. The zero-order valence-corrected chi connectivity index (χ0v) is 58.7. The number of aliphatic hydroxyl groups excluding tert-OH is 11. The van der Waals surface area contributed by atoms with Crippen molar-refractivity contribution >= 4 is 17.8 Å². The summed E-state index contributed by atoms with van der Waals surface area (Å²) < 4.78 is 34.8. The molecule has 0 spiro atoms. The summed E-state index contributed by atoms with van der Waals surface area (Å²) in [5, 5.41) is 136. The lowest BCUT2D eigenvalue weighted by Gasteiger charge is -2.50. The average Bonchev–Trinajstić information content (AvgIpc) is 0.758. The van der Waals surface area contributed by atoms with Crippen molar-refractivity contribution in [3.8, 4) is 0 Å². The largest absolute Gasteiger partial charge is 0.477 e. The molecule has 0 aromatic rings. The monoisotopic (exact) mass is 1370 g/mol. The van der Waals surface area contributed by atoms with Crippen LogP contribution in [0.25, 0.3) is 0 Å². The van der Waals surface area contributed by atoms with Crippen molar-refractivity contribution in [1.82, 2.24) is 10.6 Å². The molecule has 3 heterocycles. The van der Waals surface area contributed by atoms with Crippen LogP contribution in [0.3, 0.4) is 0 Å². The maximum absolute atomic E-state index is 13.5. The molecule has 0 aliphatic carbocycles. The summed E-state index contributed by atoms with van der Waals surface area (Å²) in [6, 6.07) is -2.62. The van der Waals surface area contributed by atoms with Crippen LogP contribution in [0.2, 0.25) is 0 Å². The third kappa shape index (κ3) is 34.1. The smallest absolute Gasteiger partial charge is 0.364 e. The first-order valence-corrected chi connectivity index (χ1v) is 37.4. The number of amides is 2. The van der Waals surface area contributed by atoms with E-state index in [1.807, 2.05) is 6.08 Å². The molecule has 0 bridgehead atoms. The molecule has 23 heteroatoms. The second-order valence-electron chi connectivity index (χ2n) is 27.2. The number of nitrogens with one attached hydrogen (secondary N) is 2. The van der Waals surface area contributed by atoms with Gasteiger partial charge in [0.1, 0.15) is 67.1 Å². The standard InChI is InChI=1S/C73H132N2O21/c1-4-6-8-10-12-14-16-18-20-22-23-24-25-26-27-28-29-31-33-35-37-39-41-43-45-47-60(83)75-54(55(80)46-44-42-40-38-36-34-32-30-21-19-17-15-13-11-9-7-5-2)52-91-70-65(87)64(86)67(59(51-78)93-70)94-71-66(88)69(63(85)58(50-77)92-71)96-73(72(89)90)48-56(81)61(74-53(3)79)68(95-73)62(84)57(82)49-76/h23-24,26-27,44,46,54-59,61-71,76-78,80-82,84-88H,4-22,25,28-43,45,47-52H2,1-3H3,(H,74,79)(H,75,83)(H,89,90)/b24-23-,27-26-,46-44+. The normalized spacial score (nSPS) is 27.8. The van der Waals surface area contributed by atoms with Gasteiger partial charge in [-0.05, 0) is 51.4 Å². The van der Waals surface area contributed by atoms with Gasteiger partial charge >= 0.3 is 5.97 Å². The van der Waals surface area contributed by atoms with E-state index in [9.17, 15) is 75.7 Å². The summed E-state index contributed by atoms with van der Waals surface area (Å²) in [4.78, 5) is 38.6. The van der Waals surface area contributed by atoms with Crippen LogP contribution in [0.15, 0.2) is 36.5 Å². The van der Waals surface area contributed by atoms with Gasteiger partial charge in [-0.1, -0.05) is 237 Å². The number of carboxylic acid groups (broad SMARTS) is 1. The van der Waals surface area contributed by atoms with E-state index in [0.29, 0.717) is 12.8 Å². The molecule has 3 saturated heterocycles. The van der Waals surface area contributed by atoms with Crippen LogP contribution in [0, 0.1) is 0 Å². The minimum Gasteiger partial charge on any atom is -0.477 e. The van der Waals surface area contributed by atoms with Gasteiger partial charge in [0.25, 0.3) is 5.79 Å². The lowest BCUT2D eigenvalue weighted by atomic mass is 9.88. The number of aliphatic carboxylic acids is 1. The molecule has 2 amide bonds. The third-order valence-electron chi connectivity index (χ3n) is 18.8. The molecule has 3 aliphatic heterocycles. The van der Waals surface area contributed by atoms with Crippen molar-refractivity contribution in [3.05, 3.63) is 36.5 Å². The fourth-order valence-corrected chi connectivity index (χ4v) is 12.9. The maximum atomic E-state index is 13.5. The zero-order chi connectivity index (χ0) is 70.4. The Bertz CT molecular complexity index is 2070. The molecule has 3 rings (SSSR count). The number of ether oxygens (including phenoxy) is 6. The quantitative estimate of drug-likeness (QED) is 0.0201. The Morgan fingerprint density at radius 2 is 1.01 bits per heavy atom. The molecular formula is C73H132N2O21. The van der Waals surface area contributed by atoms with Gasteiger partial charge in [-0.25, -0.2) is 4.79 Å². The van der Waals surface area contributed by atoms with Gasteiger partial charge in [0.2, 0.25) is 11.8 Å². The van der Waals surface area contributed by atoms with E-state index in [0.717, 1.165) is 64.7 Å². The van der Waals surface area contributed by atoms with Gasteiger partial charge in [-0.15, -0.1) is 0 Å². The minimum absolute atomic E-state index is 0.195. The fraction of sp³-hybridized carbons (Fsp3) is 0.877. The number of rotatable bonds is 57. The zero-order valence-electron chi connectivity index (χ0n) is 58.7. The molecule has 0 saturated carbocycles. The molecule has 0 radical (unpaired) electrons. The van der Waals surface area contributed by atoms with E-state index in [-0.39, 0.29) is 12.3 Å². The molecule has 14 N–H and O–H groups in total. The number of allylic oxidation sites excluding steroid dienone is 5. The highest BCUT2D eigenvalue weighted by Gasteiger charge is 2.60. The summed E-state index contributed by atoms with van der Waals surface area (Å²) in [5.74, 6) is -6.15. The van der Waals surface area contributed by atoms with Crippen LogP contribution in [0.4, 0.5) is 0 Å². The summed E-state index contributed by atoms with van der Waals surface area (Å²) in [7, 11) is 0. The van der Waals surface area contributed by atoms with Crippen molar-refractivity contribution in [2.45, 2.75) is 381 Å². The Kier molecular flexibility index (Phi) is 48.0. The van der Waals surface area contributed by atoms with Gasteiger partial charge < -0.3 is 100 Å². The lowest BCUT2D eigenvalue weighted by molar-refractivity contribution is -0.386. The highest BCUT2D eigenvalue weighted by molar-refractivity contribution is 5.77. The number of carbonyl (C=O) groups is 3. The molecule has 560 valence electrons. The van der Waals surface area contributed by atoms with Gasteiger partial charge in [0.05, 0.1) is 50.7 Å². The van der Waals surface area contributed by atoms with E-state index in [1.165, 1.54) is 167 Å². The summed E-state index contributed by atoms with van der Waals surface area (Å²) in [5.41, 5.74) is 0. The van der Waals surface area contributed by atoms with Crippen LogP contribution < -0.4 is 10.6 Å². The third-order valence-corrected chi connectivity index (χ3v) is 18.8. The van der Waals surface area contributed by atoms with E-state index in [2.05, 4.69) is 48.8 Å². The number of aliphatic hydroxyl groups is 11. The van der Waals surface area contributed by atoms with Crippen LogP contribution in [-0.4, -0.2) is 215 Å². The van der Waals surface area contributed by atoms with Crippen molar-refractivity contribution in [2.24, 2.45) is 0 Å². The van der Waals surface area contributed by atoms with Gasteiger partial charge in [-0.2, -0.15) is 0 Å². The van der Waals surface area contributed by atoms with Crippen molar-refractivity contribution < 1.29 is 104 Å². The van der Waals surface area contributed by atoms with E-state index in [1.54, 1.807) is 6.08 Å². The second kappa shape index (κ2) is 52.9. The molecule has 18 unspecified atom stereocenters. The predicted molar refractivity (Wildman–Crippen MR) is 366 cm³/mol. The van der Waals surface area contributed by atoms with Crippen molar-refractivity contribution in [2.75, 3.05) is 26.4 Å². The van der Waals surface area contributed by atoms with Crippen LogP contribution >= 0.6 is 0 Å². The van der Waals surface area contributed by atoms with Crippen molar-refractivity contribution in [1.29, 1.82) is 0 Å². The van der Waals surface area contributed by atoms with Crippen molar-refractivity contribution in [3.63, 3.8) is 0 Å². The Labute approximate surface area is 574 Å². The van der Waals surface area contributed by atoms with E-state index < -0.39 is 155 Å². The summed E-state index contributed by atoms with van der Waals surface area (Å²) in [6.45, 7) is 2.15. The van der Waals surface area contributed by atoms with Gasteiger partial charge in [0, 0.05) is 19.8 Å². The van der Waals surface area contributed by atoms with E-state index >= 15 is 0 Å². The lowest BCUT2D eigenvalue weighted by Crippen LogP contribution is -2.70. The first-order valence-electron chi connectivity index (χ1n) is 37.4. The molecule has 3 aliphatic rings. The maximum Gasteiger partial charge on any atom is 0.364 e. The first kappa shape index (κ1) is 87.2. The number of carboxylic acids is 1. The Morgan fingerprint density at radius 3 is 1.47 bits per heavy atom. The molecule has 18 atom stereocenters. The molecule has 0 aromatic carbocycles.